The zero-order valence-corrected chi connectivity index (χ0v) is 26.8. The van der Waals surface area contributed by atoms with E-state index in [4.69, 9.17) is 32.2 Å². The second kappa shape index (κ2) is 18.1. The first kappa shape index (κ1) is 36.3. The quantitative estimate of drug-likeness (QED) is 0.0589. The average molecular weight is 652 g/mol. The molecule has 0 fully saturated rings. The van der Waals surface area contributed by atoms with E-state index in [-0.39, 0.29) is 37.0 Å². The highest BCUT2D eigenvalue weighted by Gasteiger charge is 2.31. The molecule has 0 bridgehead atoms. The van der Waals surface area contributed by atoms with Gasteiger partial charge in [-0.3, -0.25) is 14.6 Å². The van der Waals surface area contributed by atoms with Gasteiger partial charge in [-0.15, -0.1) is 0 Å². The fourth-order valence-electron chi connectivity index (χ4n) is 5.12. The topological polar surface area (TPSA) is 260 Å². The maximum absolute atomic E-state index is 14.0. The van der Waals surface area contributed by atoms with Crippen molar-refractivity contribution in [2.24, 2.45) is 27.9 Å². The number of carbonyl (C=O) groups excluding carboxylic acids is 3. The second-order valence-electron chi connectivity index (χ2n) is 11.3. The Morgan fingerprint density at radius 1 is 0.979 bits per heavy atom. The van der Waals surface area contributed by atoms with Gasteiger partial charge in [-0.2, -0.15) is 4.98 Å². The molecule has 11 N–H and O–H groups in total. The molecule has 2 aromatic carbocycles. The van der Waals surface area contributed by atoms with E-state index in [1.54, 1.807) is 26.0 Å². The molecule has 3 rings (SSSR count). The lowest BCUT2D eigenvalue weighted by Crippen LogP contribution is -2.52. The number of benzene rings is 2. The zero-order chi connectivity index (χ0) is 34.3. The minimum atomic E-state index is -1.31. The van der Waals surface area contributed by atoms with Crippen LogP contribution in [-0.2, 0) is 27.2 Å². The molecular weight excluding hydrogens is 606 g/mol. The predicted octanol–water partition coefficient (Wildman–Crippen LogP) is 1.51. The molecule has 0 saturated heterocycles. The Labute approximate surface area is 273 Å². The number of primary amides is 1. The van der Waals surface area contributed by atoms with E-state index in [2.05, 4.69) is 25.8 Å². The molecule has 15 heteroatoms. The number of unbranched alkanes of at least 4 members (excludes halogenated alkanes) is 1. The number of phenolic OH excluding ortho intramolecular Hbond substituents is 1. The minimum absolute atomic E-state index is 0.0467. The molecule has 0 saturated carbocycles. The highest BCUT2D eigenvalue weighted by atomic mass is 16.6. The fourth-order valence-corrected chi connectivity index (χ4v) is 5.12. The van der Waals surface area contributed by atoms with Crippen molar-refractivity contribution in [1.82, 2.24) is 20.8 Å². The number of guanidine groups is 1. The third kappa shape index (κ3) is 11.9. The molecule has 1 heterocycles. The molecule has 0 aliphatic carbocycles. The van der Waals surface area contributed by atoms with E-state index in [0.717, 1.165) is 22.3 Å². The van der Waals surface area contributed by atoms with E-state index in [9.17, 15) is 19.5 Å². The number of aliphatic imine (C=N–C) groups is 1. The van der Waals surface area contributed by atoms with Crippen LogP contribution < -0.4 is 33.6 Å². The Bertz CT molecular complexity index is 1480. The number of rotatable bonds is 18. The Morgan fingerprint density at radius 2 is 1.68 bits per heavy atom. The number of nitrogens with one attached hydrogen (secondary N) is 2. The number of ether oxygens (including phenoxy) is 1. The maximum atomic E-state index is 14.0. The maximum Gasteiger partial charge on any atom is 0.405 e. The van der Waals surface area contributed by atoms with Crippen molar-refractivity contribution in [2.45, 2.75) is 77.0 Å². The number of amides is 3. The van der Waals surface area contributed by atoms with E-state index in [1.807, 2.05) is 30.3 Å². The van der Waals surface area contributed by atoms with Gasteiger partial charge in [0.05, 0.1) is 0 Å². The minimum Gasteiger partial charge on any atom is -0.508 e. The van der Waals surface area contributed by atoms with Crippen molar-refractivity contribution in [3.8, 4) is 5.75 Å². The van der Waals surface area contributed by atoms with Crippen LogP contribution in [0.1, 0.15) is 72.1 Å². The lowest BCUT2D eigenvalue weighted by atomic mass is 9.95. The van der Waals surface area contributed by atoms with E-state index >= 15 is 0 Å². The molecule has 47 heavy (non-hydrogen) atoms. The number of phenols is 1. The molecule has 3 atom stereocenters. The third-order valence-electron chi connectivity index (χ3n) is 7.44. The van der Waals surface area contributed by atoms with Crippen LogP contribution in [0.2, 0.25) is 0 Å². The van der Waals surface area contributed by atoms with Crippen LogP contribution in [0.3, 0.4) is 0 Å². The Kier molecular flexibility index (Phi) is 14.0. The number of aryl methyl sites for hydroxylation is 2. The van der Waals surface area contributed by atoms with Gasteiger partial charge in [-0.05, 0) is 86.9 Å². The standard InChI is InChI=1S/C32H45N9O6/c1-19-15-22(42)16-20(2)23(19)18-25(39-29(44)26(46-32(36)45)12-8-14-37-31(34)35)28(43)38-24(11-6-7-13-33)30-40-27(41-47-30)17-21-9-4-3-5-10-21/h3-5,9-10,15-16,24-26,42H,6-8,11-14,17-18,33H2,1-2H3,(H2,36,45)(H,38,43)(H,39,44)(H4,34,35,37)/t24-,25+,26-/m1/s1. The number of nitrogens with zero attached hydrogens (tertiary/aromatic N) is 3. The summed E-state index contributed by atoms with van der Waals surface area (Å²) in [7, 11) is 0. The Hall–Kier alpha value is -5.18. The van der Waals surface area contributed by atoms with Gasteiger partial charge < -0.3 is 47.9 Å². The number of carbonyl (C=O) groups is 3. The van der Waals surface area contributed by atoms with Crippen molar-refractivity contribution in [1.29, 1.82) is 0 Å². The van der Waals surface area contributed by atoms with Crippen LogP contribution >= 0.6 is 0 Å². The summed E-state index contributed by atoms with van der Waals surface area (Å²) in [6.45, 7) is 4.24. The van der Waals surface area contributed by atoms with Gasteiger partial charge in [-0.1, -0.05) is 35.5 Å². The summed E-state index contributed by atoms with van der Waals surface area (Å²) in [5, 5.41) is 19.9. The molecule has 3 aromatic rings. The van der Waals surface area contributed by atoms with E-state index in [1.165, 1.54) is 0 Å². The summed E-state index contributed by atoms with van der Waals surface area (Å²) in [5.41, 5.74) is 24.9. The summed E-state index contributed by atoms with van der Waals surface area (Å²) >= 11 is 0. The molecular formula is C32H45N9O6. The van der Waals surface area contributed by atoms with E-state index in [0.29, 0.717) is 44.5 Å². The van der Waals surface area contributed by atoms with Gasteiger partial charge in [0, 0.05) is 19.4 Å². The molecule has 3 amide bonds. The Balaban J connectivity index is 1.88. The largest absolute Gasteiger partial charge is 0.508 e. The van der Waals surface area contributed by atoms with Crippen molar-refractivity contribution in [3.05, 3.63) is 76.4 Å². The van der Waals surface area contributed by atoms with Crippen LogP contribution in [0.4, 0.5) is 4.79 Å². The molecule has 0 aliphatic rings. The molecule has 0 spiro atoms. The summed E-state index contributed by atoms with van der Waals surface area (Å²) < 4.78 is 10.7. The predicted molar refractivity (Wildman–Crippen MR) is 175 cm³/mol. The number of nitrogens with two attached hydrogens (primary N) is 4. The smallest absolute Gasteiger partial charge is 0.405 e. The molecule has 0 aliphatic heterocycles. The zero-order valence-electron chi connectivity index (χ0n) is 26.8. The average Bonchev–Trinajstić information content (AvgIpc) is 3.47. The van der Waals surface area contributed by atoms with Gasteiger partial charge in [0.15, 0.2) is 17.9 Å². The first-order chi connectivity index (χ1) is 22.5. The molecule has 1 aromatic heterocycles. The highest BCUT2D eigenvalue weighted by molar-refractivity contribution is 5.90. The number of aromatic hydroxyl groups is 1. The first-order valence-corrected chi connectivity index (χ1v) is 15.4. The highest BCUT2D eigenvalue weighted by Crippen LogP contribution is 2.24. The SMILES string of the molecule is Cc1cc(O)cc(C)c1C[C@H](NC(=O)[C@@H](CCCN=C(N)N)OC(N)=O)C(=O)N[C@H](CCCCN)c1nc(Cc2ccccc2)no1. The van der Waals surface area contributed by atoms with Gasteiger partial charge in [0.25, 0.3) is 5.91 Å². The normalized spacial score (nSPS) is 12.8. The lowest BCUT2D eigenvalue weighted by molar-refractivity contribution is -0.134. The van der Waals surface area contributed by atoms with Crippen LogP contribution in [0.5, 0.6) is 5.75 Å². The summed E-state index contributed by atoms with van der Waals surface area (Å²) in [6.07, 6.45) is 0.197. The molecule has 0 radical (unpaired) electrons. The fraction of sp³-hybridized carbons (Fsp3) is 0.438. The first-order valence-electron chi connectivity index (χ1n) is 15.4. The summed E-state index contributed by atoms with van der Waals surface area (Å²) in [6, 6.07) is 11.0. The summed E-state index contributed by atoms with van der Waals surface area (Å²) in [5.74, 6) is -0.635. The monoisotopic (exact) mass is 651 g/mol. The molecule has 254 valence electrons. The second-order valence-corrected chi connectivity index (χ2v) is 11.3. The van der Waals surface area contributed by atoms with Crippen molar-refractivity contribution >= 4 is 23.9 Å². The van der Waals surface area contributed by atoms with Gasteiger partial charge >= 0.3 is 6.09 Å². The molecule has 0 unspecified atom stereocenters. The van der Waals surface area contributed by atoms with E-state index < -0.39 is 36.1 Å². The van der Waals surface area contributed by atoms with Crippen LogP contribution in [0, 0.1) is 13.8 Å². The van der Waals surface area contributed by atoms with Gasteiger partial charge in [-0.25, -0.2) is 4.79 Å². The number of hydrogen-bond acceptors (Lipinski definition) is 10. The van der Waals surface area contributed by atoms with Gasteiger partial charge in [0.1, 0.15) is 17.8 Å². The Morgan fingerprint density at radius 3 is 2.32 bits per heavy atom. The van der Waals surface area contributed by atoms with Crippen molar-refractivity contribution in [3.63, 3.8) is 0 Å². The lowest BCUT2D eigenvalue weighted by Gasteiger charge is -2.25. The van der Waals surface area contributed by atoms with Crippen LogP contribution in [0.25, 0.3) is 0 Å². The number of aromatic nitrogens is 2. The summed E-state index contributed by atoms with van der Waals surface area (Å²) in [4.78, 5) is 47.6. The van der Waals surface area contributed by atoms with Crippen LogP contribution in [-0.4, -0.2) is 64.3 Å². The molecule has 15 nitrogen and oxygen atoms in total. The number of hydrogen-bond donors (Lipinski definition) is 7. The van der Waals surface area contributed by atoms with Crippen LogP contribution in [0.15, 0.2) is 52.0 Å². The third-order valence-corrected chi connectivity index (χ3v) is 7.44. The van der Waals surface area contributed by atoms with Crippen molar-refractivity contribution in [2.75, 3.05) is 13.1 Å². The van der Waals surface area contributed by atoms with Crippen molar-refractivity contribution < 1.29 is 28.8 Å². The van der Waals surface area contributed by atoms with Gasteiger partial charge in [0.2, 0.25) is 11.8 Å².